The van der Waals surface area contributed by atoms with Crippen molar-refractivity contribution >= 4 is 13.7 Å². The van der Waals surface area contributed by atoms with Gasteiger partial charge in [0.15, 0.2) is 0 Å². The van der Waals surface area contributed by atoms with Crippen LogP contribution in [0.5, 0.6) is 0 Å². The zero-order valence-corrected chi connectivity index (χ0v) is 45.3. The summed E-state index contributed by atoms with van der Waals surface area (Å²) in [4.78, 5) is 23.3. The summed E-state index contributed by atoms with van der Waals surface area (Å²) in [5.41, 5.74) is 0. The molecule has 0 saturated carbocycles. The van der Waals surface area contributed by atoms with Gasteiger partial charge in [0.1, 0.15) is 19.3 Å². The van der Waals surface area contributed by atoms with Crippen molar-refractivity contribution in [3.8, 4) is 0 Å². The third-order valence-electron chi connectivity index (χ3n) is 11.3. The number of aliphatic hydroxyl groups excluding tert-OH is 2. The number of likely N-dealkylation sites (N-methyl/N-ethyl adjacent to an activating group) is 1. The number of aliphatic hydroxyl groups is 2. The number of nitrogens with zero attached hydrogens (tertiary/aromatic N) is 1. The van der Waals surface area contributed by atoms with Crippen molar-refractivity contribution < 1.29 is 38.0 Å². The van der Waals surface area contributed by atoms with E-state index in [0.717, 1.165) is 103 Å². The Hall–Kier alpha value is -3.14. The molecule has 69 heavy (non-hydrogen) atoms. The van der Waals surface area contributed by atoms with E-state index in [1.165, 1.54) is 51.4 Å². The van der Waals surface area contributed by atoms with E-state index in [-0.39, 0.29) is 18.9 Å². The van der Waals surface area contributed by atoms with E-state index >= 15 is 0 Å². The third-order valence-corrected chi connectivity index (χ3v) is 12.3. The van der Waals surface area contributed by atoms with Crippen LogP contribution < -0.4 is 5.32 Å². The fourth-order valence-corrected chi connectivity index (χ4v) is 7.79. The van der Waals surface area contributed by atoms with Crippen LogP contribution in [0.1, 0.15) is 187 Å². The Kier molecular flexibility index (Phi) is 46.3. The van der Waals surface area contributed by atoms with Gasteiger partial charge in [0.05, 0.1) is 39.9 Å². The Morgan fingerprint density at radius 3 is 1.29 bits per heavy atom. The highest BCUT2D eigenvalue weighted by molar-refractivity contribution is 7.47. The molecule has 4 unspecified atom stereocenters. The van der Waals surface area contributed by atoms with Crippen LogP contribution in [-0.2, 0) is 18.4 Å². The fraction of sp³-hybridized carbons (Fsp3) is 0.644. The summed E-state index contributed by atoms with van der Waals surface area (Å²) in [6.45, 7) is 4.43. The number of carbonyl (C=O) groups is 1. The smallest absolute Gasteiger partial charge is 0.390 e. The Bertz CT molecular complexity index is 1550. The van der Waals surface area contributed by atoms with Crippen molar-refractivity contribution in [1.29, 1.82) is 0 Å². The maximum atomic E-state index is 13.0. The quantitative estimate of drug-likeness (QED) is 0.0207. The second-order valence-electron chi connectivity index (χ2n) is 19.0. The lowest BCUT2D eigenvalue weighted by Crippen LogP contribution is -2.51. The maximum Gasteiger partial charge on any atom is 0.472 e. The first kappa shape index (κ1) is 65.9. The molecule has 0 aliphatic heterocycles. The number of phosphoric acid groups is 1. The number of quaternary nitrogens is 1. The van der Waals surface area contributed by atoms with Crippen molar-refractivity contribution in [3.05, 3.63) is 122 Å². The van der Waals surface area contributed by atoms with Gasteiger partial charge in [0, 0.05) is 6.42 Å². The molecule has 4 N–H and O–H groups in total. The van der Waals surface area contributed by atoms with Crippen LogP contribution in [-0.4, -0.2) is 84.6 Å². The molecule has 0 bridgehead atoms. The average molecular weight is 982 g/mol. The summed E-state index contributed by atoms with van der Waals surface area (Å²) in [6.07, 6.45) is 68.5. The fourth-order valence-electron chi connectivity index (χ4n) is 7.05. The highest BCUT2D eigenvalue weighted by Gasteiger charge is 2.31. The lowest BCUT2D eigenvalue weighted by molar-refractivity contribution is -0.870. The van der Waals surface area contributed by atoms with Gasteiger partial charge in [-0.2, -0.15) is 0 Å². The van der Waals surface area contributed by atoms with Crippen LogP contribution >= 0.6 is 7.82 Å². The minimum Gasteiger partial charge on any atom is -0.390 e. The predicted molar refractivity (Wildman–Crippen MR) is 296 cm³/mol. The normalized spacial score (nSPS) is 15.4. The second kappa shape index (κ2) is 48.5. The number of unbranched alkanes of at least 4 members (excludes halogenated alkanes) is 13. The molecular weight excluding hydrogens is 880 g/mol. The molecule has 0 aliphatic carbocycles. The van der Waals surface area contributed by atoms with Gasteiger partial charge in [0.25, 0.3) is 0 Å². The minimum absolute atomic E-state index is 0.00621. The number of allylic oxidation sites excluding steroid dienone is 20. The molecule has 10 heteroatoms. The van der Waals surface area contributed by atoms with Gasteiger partial charge in [0.2, 0.25) is 5.91 Å². The molecule has 0 aromatic heterocycles. The van der Waals surface area contributed by atoms with Crippen LogP contribution in [0.15, 0.2) is 122 Å². The first-order chi connectivity index (χ1) is 33.4. The Morgan fingerprint density at radius 2 is 0.899 bits per heavy atom. The van der Waals surface area contributed by atoms with Crippen LogP contribution in [0.3, 0.4) is 0 Å². The number of hydrogen-bond donors (Lipinski definition) is 4. The monoisotopic (exact) mass is 982 g/mol. The van der Waals surface area contributed by atoms with Crippen molar-refractivity contribution in [2.75, 3.05) is 40.9 Å². The lowest BCUT2D eigenvalue weighted by atomic mass is 9.99. The van der Waals surface area contributed by atoms with Gasteiger partial charge < -0.3 is 24.9 Å². The van der Waals surface area contributed by atoms with Gasteiger partial charge in [-0.25, -0.2) is 4.57 Å². The standard InChI is InChI=1S/C59H101N2O7P/c1-6-8-10-12-14-16-18-20-21-22-23-24-25-26-27-28-29-30-31-32-33-34-35-36-37-38-39-40-42-44-46-48-50-52-58(63)60-56(55-68-69(65,66)67-54-53-61(3,4)5)59(64)57(62)51-49-47-45-43-41-19-17-15-13-11-9-7-2/h8,10,14,16,20-21,23-24,26-27,29-30,32-33,35-36,38-39,42,44,56-57,59,62,64H,6-7,9,11-13,15,17-19,22,25,28,31,34,37,40-41,43,45-55H2,1-5H3,(H-,60,63,65,66)/p+1/b10-8-,16-14-,21-20-,24-23-,27-26-,30-29-,33-32-,36-35-,39-38-,44-42-. The van der Waals surface area contributed by atoms with E-state index in [1.54, 1.807) is 0 Å². The van der Waals surface area contributed by atoms with Crippen molar-refractivity contribution in [1.82, 2.24) is 5.32 Å². The predicted octanol–water partition coefficient (Wildman–Crippen LogP) is 15.2. The molecule has 0 radical (unpaired) electrons. The number of rotatable bonds is 47. The molecule has 1 amide bonds. The highest BCUT2D eigenvalue weighted by Crippen LogP contribution is 2.43. The molecule has 0 heterocycles. The first-order valence-electron chi connectivity index (χ1n) is 27.0. The number of hydrogen-bond acceptors (Lipinski definition) is 6. The number of nitrogens with one attached hydrogen (secondary N) is 1. The largest absolute Gasteiger partial charge is 0.472 e. The summed E-state index contributed by atoms with van der Waals surface area (Å²) in [7, 11) is 1.39. The van der Waals surface area contributed by atoms with Crippen LogP contribution in [0.2, 0.25) is 0 Å². The Labute approximate surface area is 423 Å². The Balaban J connectivity index is 4.38. The van der Waals surface area contributed by atoms with E-state index in [4.69, 9.17) is 9.05 Å². The van der Waals surface area contributed by atoms with E-state index in [1.807, 2.05) is 21.1 Å². The number of amides is 1. The van der Waals surface area contributed by atoms with Gasteiger partial charge in [-0.05, 0) is 89.9 Å². The topological polar surface area (TPSA) is 125 Å². The summed E-state index contributed by atoms with van der Waals surface area (Å²) in [5.74, 6) is -0.306. The zero-order valence-electron chi connectivity index (χ0n) is 44.4. The van der Waals surface area contributed by atoms with Crippen molar-refractivity contribution in [3.63, 3.8) is 0 Å². The molecule has 9 nitrogen and oxygen atoms in total. The molecule has 0 fully saturated rings. The van der Waals surface area contributed by atoms with Crippen LogP contribution in [0.4, 0.5) is 0 Å². The molecule has 4 atom stereocenters. The molecule has 0 rings (SSSR count). The average Bonchev–Trinajstić information content (AvgIpc) is 3.31. The third kappa shape index (κ3) is 49.6. The van der Waals surface area contributed by atoms with Crippen molar-refractivity contribution in [2.45, 2.75) is 205 Å². The molecule has 0 aliphatic rings. The van der Waals surface area contributed by atoms with Crippen LogP contribution in [0, 0.1) is 0 Å². The van der Waals surface area contributed by atoms with Gasteiger partial charge in [-0.1, -0.05) is 212 Å². The number of carbonyl (C=O) groups excluding carboxylic acids is 1. The Morgan fingerprint density at radius 1 is 0.522 bits per heavy atom. The summed E-state index contributed by atoms with van der Waals surface area (Å²) in [6, 6.07) is -1.07. The number of phosphoric ester groups is 1. The molecule has 0 aromatic carbocycles. The van der Waals surface area contributed by atoms with Crippen LogP contribution in [0.25, 0.3) is 0 Å². The highest BCUT2D eigenvalue weighted by atomic mass is 31.2. The SMILES string of the molecule is CC/C=C\C/C=C\C/C=C\C/C=C\C/C=C\C/C=C\C/C=C\C/C=C\C/C=C\C/C=C\CCCCC(=O)NC(COP(=O)(O)OCC[N+](C)(C)C)C(O)C(O)CCCCCCCCCCCCCC. The van der Waals surface area contributed by atoms with E-state index in [0.29, 0.717) is 23.9 Å². The van der Waals surface area contributed by atoms with Gasteiger partial charge >= 0.3 is 7.82 Å². The lowest BCUT2D eigenvalue weighted by Gasteiger charge is -2.28. The van der Waals surface area contributed by atoms with Gasteiger partial charge in [-0.15, -0.1) is 0 Å². The summed E-state index contributed by atoms with van der Waals surface area (Å²) >= 11 is 0. The van der Waals surface area contributed by atoms with E-state index < -0.39 is 32.7 Å². The van der Waals surface area contributed by atoms with Crippen molar-refractivity contribution in [2.24, 2.45) is 0 Å². The molecule has 0 aromatic rings. The second-order valence-corrected chi connectivity index (χ2v) is 20.5. The maximum absolute atomic E-state index is 13.0. The minimum atomic E-state index is -4.44. The molecule has 0 saturated heterocycles. The van der Waals surface area contributed by atoms with E-state index in [9.17, 15) is 24.5 Å². The first-order valence-corrected chi connectivity index (χ1v) is 28.5. The molecule has 0 spiro atoms. The molecule has 394 valence electrons. The van der Waals surface area contributed by atoms with Gasteiger partial charge in [-0.3, -0.25) is 13.8 Å². The molecular formula is C59H102N2O7P+. The summed E-state index contributed by atoms with van der Waals surface area (Å²) in [5, 5.41) is 24.7. The van der Waals surface area contributed by atoms with E-state index in [2.05, 4.69) is 141 Å². The zero-order chi connectivity index (χ0) is 50.8. The summed E-state index contributed by atoms with van der Waals surface area (Å²) < 4.78 is 23.5.